The normalized spacial score (nSPS) is 15.4. The maximum atomic E-state index is 13.0. The van der Waals surface area contributed by atoms with Crippen LogP contribution < -0.4 is 10.5 Å². The van der Waals surface area contributed by atoms with Crippen molar-refractivity contribution in [3.63, 3.8) is 0 Å². The van der Waals surface area contributed by atoms with Gasteiger partial charge in [-0.25, -0.2) is 4.79 Å². The Labute approximate surface area is 191 Å². The van der Waals surface area contributed by atoms with E-state index in [1.54, 1.807) is 50.2 Å². The number of para-hydroxylation sites is 1. The molecule has 0 spiro atoms. The van der Waals surface area contributed by atoms with Crippen molar-refractivity contribution in [2.75, 3.05) is 13.2 Å². The van der Waals surface area contributed by atoms with Gasteiger partial charge in [0, 0.05) is 0 Å². The van der Waals surface area contributed by atoms with Crippen molar-refractivity contribution in [2.45, 2.75) is 26.2 Å². The van der Waals surface area contributed by atoms with Crippen LogP contribution in [0.15, 0.2) is 77.4 Å². The average Bonchev–Trinajstić information content (AvgIpc) is 2.80. The van der Waals surface area contributed by atoms with E-state index in [4.69, 9.17) is 24.7 Å². The van der Waals surface area contributed by atoms with Gasteiger partial charge in [-0.05, 0) is 43.7 Å². The molecular weight excluding hydrogens is 424 g/mol. The molecule has 0 amide bonds. The molecule has 0 saturated carbocycles. The predicted molar refractivity (Wildman–Crippen MR) is 119 cm³/mol. The minimum absolute atomic E-state index is 0.0113. The van der Waals surface area contributed by atoms with Gasteiger partial charge in [-0.15, -0.1) is 0 Å². The molecule has 8 heteroatoms. The molecule has 1 heterocycles. The van der Waals surface area contributed by atoms with Crippen molar-refractivity contribution in [1.29, 1.82) is 5.26 Å². The second-order valence-corrected chi connectivity index (χ2v) is 6.95. The third kappa shape index (κ3) is 5.52. The number of benzene rings is 2. The van der Waals surface area contributed by atoms with Crippen LogP contribution in [0.5, 0.6) is 11.5 Å². The topological polar surface area (TPSA) is 121 Å². The highest BCUT2D eigenvalue weighted by atomic mass is 16.5. The number of esters is 2. The SMILES string of the molecule is CCOC(=O)CC1=C(C(=O)OCC)C(c2cccc(Oc3ccccc3)c2)C(C#N)=C(N)O1. The monoisotopic (exact) mass is 448 g/mol. The first-order valence-electron chi connectivity index (χ1n) is 10.4. The van der Waals surface area contributed by atoms with Gasteiger partial charge in [-0.2, -0.15) is 5.26 Å². The molecule has 1 atom stereocenters. The lowest BCUT2D eigenvalue weighted by molar-refractivity contribution is -0.143. The van der Waals surface area contributed by atoms with E-state index in [0.717, 1.165) is 0 Å². The van der Waals surface area contributed by atoms with E-state index in [-0.39, 0.29) is 42.4 Å². The lowest BCUT2D eigenvalue weighted by atomic mass is 9.82. The molecular formula is C25H24N2O6. The van der Waals surface area contributed by atoms with Gasteiger partial charge >= 0.3 is 11.9 Å². The minimum Gasteiger partial charge on any atom is -0.466 e. The summed E-state index contributed by atoms with van der Waals surface area (Å²) in [7, 11) is 0. The van der Waals surface area contributed by atoms with E-state index in [9.17, 15) is 14.9 Å². The lowest BCUT2D eigenvalue weighted by Crippen LogP contribution is -2.27. The first kappa shape index (κ1) is 23.4. The van der Waals surface area contributed by atoms with Crippen LogP contribution >= 0.6 is 0 Å². The highest BCUT2D eigenvalue weighted by Gasteiger charge is 2.38. The van der Waals surface area contributed by atoms with Gasteiger partial charge < -0.3 is 24.7 Å². The number of nitriles is 1. The average molecular weight is 448 g/mol. The van der Waals surface area contributed by atoms with Gasteiger partial charge in [0.15, 0.2) is 0 Å². The number of carbonyl (C=O) groups excluding carboxylic acids is 2. The number of nitrogens with zero attached hydrogens (tertiary/aromatic N) is 1. The molecule has 0 aromatic heterocycles. The fourth-order valence-electron chi connectivity index (χ4n) is 3.44. The molecule has 2 N–H and O–H groups in total. The van der Waals surface area contributed by atoms with Crippen molar-refractivity contribution < 1.29 is 28.5 Å². The molecule has 0 radical (unpaired) electrons. The van der Waals surface area contributed by atoms with Crippen molar-refractivity contribution in [3.05, 3.63) is 82.9 Å². The van der Waals surface area contributed by atoms with Crippen molar-refractivity contribution in [3.8, 4) is 17.6 Å². The maximum Gasteiger partial charge on any atom is 0.338 e. The Morgan fingerprint density at radius 2 is 1.73 bits per heavy atom. The van der Waals surface area contributed by atoms with E-state index < -0.39 is 17.9 Å². The zero-order valence-electron chi connectivity index (χ0n) is 18.4. The van der Waals surface area contributed by atoms with Crippen LogP contribution in [0.25, 0.3) is 0 Å². The fourth-order valence-corrected chi connectivity index (χ4v) is 3.44. The van der Waals surface area contributed by atoms with Crippen molar-refractivity contribution in [2.24, 2.45) is 5.73 Å². The summed E-state index contributed by atoms with van der Waals surface area (Å²) in [6.45, 7) is 3.59. The third-order valence-corrected chi connectivity index (χ3v) is 4.77. The predicted octanol–water partition coefficient (Wildman–Crippen LogP) is 4.06. The summed E-state index contributed by atoms with van der Waals surface area (Å²) >= 11 is 0. The Morgan fingerprint density at radius 3 is 2.39 bits per heavy atom. The van der Waals surface area contributed by atoms with Crippen LogP contribution in [0.4, 0.5) is 0 Å². The number of hydrogen-bond acceptors (Lipinski definition) is 8. The Kier molecular flexibility index (Phi) is 7.71. The lowest BCUT2D eigenvalue weighted by Gasteiger charge is -2.28. The molecule has 1 unspecified atom stereocenters. The molecule has 2 aromatic carbocycles. The molecule has 0 aliphatic carbocycles. The van der Waals surface area contributed by atoms with Crippen LogP contribution in [0.2, 0.25) is 0 Å². The van der Waals surface area contributed by atoms with Gasteiger partial charge in [0.1, 0.15) is 35.3 Å². The minimum atomic E-state index is -0.911. The molecule has 1 aliphatic rings. The third-order valence-electron chi connectivity index (χ3n) is 4.77. The second-order valence-electron chi connectivity index (χ2n) is 6.95. The largest absolute Gasteiger partial charge is 0.466 e. The molecule has 3 rings (SSSR count). The van der Waals surface area contributed by atoms with Gasteiger partial charge in [0.05, 0.1) is 24.7 Å². The Morgan fingerprint density at radius 1 is 1.03 bits per heavy atom. The van der Waals surface area contributed by atoms with Crippen LogP contribution in [0.1, 0.15) is 31.7 Å². The van der Waals surface area contributed by atoms with Crippen molar-refractivity contribution in [1.82, 2.24) is 0 Å². The molecule has 0 fully saturated rings. The number of nitrogens with two attached hydrogens (primary N) is 1. The quantitative estimate of drug-likeness (QED) is 0.600. The highest BCUT2D eigenvalue weighted by molar-refractivity contribution is 5.93. The van der Waals surface area contributed by atoms with E-state index in [0.29, 0.717) is 17.1 Å². The van der Waals surface area contributed by atoms with Gasteiger partial charge in [0.25, 0.3) is 0 Å². The number of ether oxygens (including phenoxy) is 4. The summed E-state index contributed by atoms with van der Waals surface area (Å²) in [6.07, 6.45) is -0.335. The fraction of sp³-hybridized carbons (Fsp3) is 0.240. The molecule has 8 nitrogen and oxygen atoms in total. The van der Waals surface area contributed by atoms with Crippen LogP contribution in [0.3, 0.4) is 0 Å². The second kappa shape index (κ2) is 10.9. The van der Waals surface area contributed by atoms with E-state index >= 15 is 0 Å². The van der Waals surface area contributed by atoms with Crippen LogP contribution in [0, 0.1) is 11.3 Å². The number of carbonyl (C=O) groups is 2. The number of allylic oxidation sites excluding steroid dienone is 1. The van der Waals surface area contributed by atoms with Gasteiger partial charge in [0.2, 0.25) is 5.88 Å². The Bertz CT molecular complexity index is 1130. The van der Waals surface area contributed by atoms with E-state index in [2.05, 4.69) is 0 Å². The zero-order valence-corrected chi connectivity index (χ0v) is 18.4. The Hall–Kier alpha value is -4.25. The summed E-state index contributed by atoms with van der Waals surface area (Å²) in [6, 6.07) is 18.1. The maximum absolute atomic E-state index is 13.0. The highest BCUT2D eigenvalue weighted by Crippen LogP contribution is 2.41. The van der Waals surface area contributed by atoms with Gasteiger partial charge in [-0.3, -0.25) is 4.79 Å². The summed E-state index contributed by atoms with van der Waals surface area (Å²) < 4.78 is 21.7. The van der Waals surface area contributed by atoms with Crippen molar-refractivity contribution >= 4 is 11.9 Å². The molecule has 170 valence electrons. The number of rotatable bonds is 8. The van der Waals surface area contributed by atoms with Crippen LogP contribution in [-0.4, -0.2) is 25.2 Å². The smallest absolute Gasteiger partial charge is 0.338 e. The summed E-state index contributed by atoms with van der Waals surface area (Å²) in [5.41, 5.74) is 6.62. The number of hydrogen-bond donors (Lipinski definition) is 1. The first-order chi connectivity index (χ1) is 16.0. The molecule has 2 aromatic rings. The van der Waals surface area contributed by atoms with E-state index in [1.165, 1.54) is 0 Å². The van der Waals surface area contributed by atoms with Gasteiger partial charge in [-0.1, -0.05) is 30.3 Å². The zero-order chi connectivity index (χ0) is 23.8. The molecule has 0 saturated heterocycles. The Balaban J connectivity index is 2.09. The first-order valence-corrected chi connectivity index (χ1v) is 10.4. The summed E-state index contributed by atoms with van der Waals surface area (Å²) in [5, 5.41) is 9.81. The standard InChI is InChI=1S/C25H24N2O6/c1-3-30-21(28)14-20-23(25(29)31-4-2)22(19(15-26)24(27)33-20)16-9-8-12-18(13-16)32-17-10-6-5-7-11-17/h5-13,22H,3-4,14,27H2,1-2H3. The summed E-state index contributed by atoms with van der Waals surface area (Å²) in [4.78, 5) is 25.1. The molecule has 1 aliphatic heterocycles. The van der Waals surface area contributed by atoms with E-state index in [1.807, 2.05) is 24.3 Å². The summed E-state index contributed by atoms with van der Waals surface area (Å²) in [5.74, 6) is -1.30. The molecule has 33 heavy (non-hydrogen) atoms. The van der Waals surface area contributed by atoms with Crippen LogP contribution in [-0.2, 0) is 23.8 Å². The molecule has 0 bridgehead atoms.